The second kappa shape index (κ2) is 6.20. The Bertz CT molecular complexity index is 867. The van der Waals surface area contributed by atoms with Crippen molar-refractivity contribution in [1.29, 1.82) is 0 Å². The van der Waals surface area contributed by atoms with E-state index < -0.39 is 5.60 Å². The molecule has 6 nitrogen and oxygen atoms in total. The van der Waals surface area contributed by atoms with Gasteiger partial charge in [0.2, 0.25) is 0 Å². The molecule has 2 aromatic heterocycles. The fourth-order valence-corrected chi connectivity index (χ4v) is 2.98. The Hall–Kier alpha value is -1.89. The fraction of sp³-hybridized carbons (Fsp3) is 0.412. The molecule has 0 aliphatic heterocycles. The van der Waals surface area contributed by atoms with Crippen LogP contribution < -0.4 is 5.32 Å². The van der Waals surface area contributed by atoms with Gasteiger partial charge in [0.15, 0.2) is 0 Å². The number of aromatic nitrogens is 4. The van der Waals surface area contributed by atoms with E-state index in [-0.39, 0.29) is 6.04 Å². The summed E-state index contributed by atoms with van der Waals surface area (Å²) in [6.45, 7) is 4.20. The van der Waals surface area contributed by atoms with E-state index in [1.54, 1.807) is 17.8 Å². The van der Waals surface area contributed by atoms with E-state index in [4.69, 9.17) is 11.6 Å². The standard InChI is InChI=1S/C17H22ClN5O/c1-11(19-10-17(2,24)12-8-20-22(3)9-12)16-21-14-6-5-13(18)7-15(14)23(16)4/h5-9,11,19,24H,10H2,1-4H3. The van der Waals surface area contributed by atoms with Crippen molar-refractivity contribution in [3.63, 3.8) is 0 Å². The number of rotatable bonds is 5. The Labute approximate surface area is 146 Å². The Morgan fingerprint density at radius 2 is 2.12 bits per heavy atom. The average Bonchev–Trinajstić information content (AvgIpc) is 3.10. The van der Waals surface area contributed by atoms with Gasteiger partial charge in [-0.15, -0.1) is 0 Å². The molecule has 2 atom stereocenters. The molecule has 7 heteroatoms. The Balaban J connectivity index is 1.78. The van der Waals surface area contributed by atoms with Crippen molar-refractivity contribution >= 4 is 22.6 Å². The van der Waals surface area contributed by atoms with Gasteiger partial charge in [0.05, 0.1) is 23.3 Å². The van der Waals surface area contributed by atoms with Gasteiger partial charge in [-0.05, 0) is 32.0 Å². The van der Waals surface area contributed by atoms with E-state index in [1.807, 2.05) is 50.0 Å². The number of nitrogens with one attached hydrogen (secondary N) is 1. The van der Waals surface area contributed by atoms with Gasteiger partial charge in [-0.3, -0.25) is 4.68 Å². The average molecular weight is 348 g/mol. The Morgan fingerprint density at radius 3 is 2.79 bits per heavy atom. The molecule has 128 valence electrons. The molecule has 3 rings (SSSR count). The zero-order chi connectivity index (χ0) is 17.5. The molecule has 24 heavy (non-hydrogen) atoms. The monoisotopic (exact) mass is 347 g/mol. The van der Waals surface area contributed by atoms with Crippen molar-refractivity contribution in [1.82, 2.24) is 24.6 Å². The normalized spacial score (nSPS) is 15.6. The minimum Gasteiger partial charge on any atom is -0.384 e. The number of hydrogen-bond acceptors (Lipinski definition) is 4. The first-order valence-corrected chi connectivity index (χ1v) is 8.22. The third-order valence-electron chi connectivity index (χ3n) is 4.34. The lowest BCUT2D eigenvalue weighted by Crippen LogP contribution is -2.37. The van der Waals surface area contributed by atoms with E-state index in [9.17, 15) is 5.11 Å². The van der Waals surface area contributed by atoms with Gasteiger partial charge in [0.25, 0.3) is 0 Å². The summed E-state index contributed by atoms with van der Waals surface area (Å²) in [5.41, 5.74) is 1.67. The van der Waals surface area contributed by atoms with Crippen molar-refractivity contribution in [2.24, 2.45) is 14.1 Å². The largest absolute Gasteiger partial charge is 0.384 e. The summed E-state index contributed by atoms with van der Waals surface area (Å²) in [6, 6.07) is 5.64. The number of aliphatic hydroxyl groups is 1. The summed E-state index contributed by atoms with van der Waals surface area (Å²) in [6.07, 6.45) is 3.51. The van der Waals surface area contributed by atoms with Gasteiger partial charge in [0.1, 0.15) is 11.4 Å². The summed E-state index contributed by atoms with van der Waals surface area (Å²) >= 11 is 6.07. The molecule has 2 unspecified atom stereocenters. The molecule has 0 saturated carbocycles. The van der Waals surface area contributed by atoms with Crippen LogP contribution in [0.25, 0.3) is 11.0 Å². The van der Waals surface area contributed by atoms with Crippen molar-refractivity contribution in [2.45, 2.75) is 25.5 Å². The molecule has 0 aliphatic rings. The van der Waals surface area contributed by atoms with Crippen LogP contribution in [-0.4, -0.2) is 31.0 Å². The van der Waals surface area contributed by atoms with Crippen molar-refractivity contribution in [2.75, 3.05) is 6.54 Å². The van der Waals surface area contributed by atoms with Gasteiger partial charge < -0.3 is 15.0 Å². The number of aryl methyl sites for hydroxylation is 2. The number of imidazole rings is 1. The zero-order valence-electron chi connectivity index (χ0n) is 14.3. The first kappa shape index (κ1) is 17.0. The first-order chi connectivity index (χ1) is 11.3. The second-order valence-electron chi connectivity index (χ2n) is 6.44. The highest BCUT2D eigenvalue weighted by Crippen LogP contribution is 2.24. The molecule has 2 N–H and O–H groups in total. The number of benzene rings is 1. The topological polar surface area (TPSA) is 67.9 Å². The predicted molar refractivity (Wildman–Crippen MR) is 94.9 cm³/mol. The van der Waals surface area contributed by atoms with Gasteiger partial charge in [-0.1, -0.05) is 11.6 Å². The highest BCUT2D eigenvalue weighted by Gasteiger charge is 2.26. The van der Waals surface area contributed by atoms with E-state index in [0.29, 0.717) is 11.6 Å². The van der Waals surface area contributed by atoms with Crippen molar-refractivity contribution in [3.8, 4) is 0 Å². The van der Waals surface area contributed by atoms with Crippen LogP contribution in [0.1, 0.15) is 31.3 Å². The lowest BCUT2D eigenvalue weighted by Gasteiger charge is -2.25. The van der Waals surface area contributed by atoms with E-state index >= 15 is 0 Å². The third-order valence-corrected chi connectivity index (χ3v) is 4.58. The molecular formula is C17H22ClN5O. The second-order valence-corrected chi connectivity index (χ2v) is 6.88. The molecule has 1 aromatic carbocycles. The van der Waals surface area contributed by atoms with Gasteiger partial charge >= 0.3 is 0 Å². The van der Waals surface area contributed by atoms with Crippen LogP contribution in [0.5, 0.6) is 0 Å². The predicted octanol–water partition coefficient (Wildman–Crippen LogP) is 2.52. The van der Waals surface area contributed by atoms with Gasteiger partial charge in [-0.2, -0.15) is 5.10 Å². The minimum atomic E-state index is -1.00. The van der Waals surface area contributed by atoms with Crippen LogP contribution in [-0.2, 0) is 19.7 Å². The minimum absolute atomic E-state index is 0.0238. The zero-order valence-corrected chi connectivity index (χ0v) is 15.0. The summed E-state index contributed by atoms with van der Waals surface area (Å²) in [5.74, 6) is 0.897. The lowest BCUT2D eigenvalue weighted by molar-refractivity contribution is 0.0539. The van der Waals surface area contributed by atoms with Crippen LogP contribution in [0, 0.1) is 0 Å². The van der Waals surface area contributed by atoms with Crippen LogP contribution in [0.2, 0.25) is 5.02 Å². The van der Waals surface area contributed by atoms with E-state index in [0.717, 1.165) is 22.4 Å². The lowest BCUT2D eigenvalue weighted by atomic mass is 9.99. The maximum absolute atomic E-state index is 10.7. The summed E-state index contributed by atoms with van der Waals surface area (Å²) < 4.78 is 3.71. The molecular weight excluding hydrogens is 326 g/mol. The Morgan fingerprint density at radius 1 is 1.38 bits per heavy atom. The van der Waals surface area contributed by atoms with Crippen LogP contribution in [0.3, 0.4) is 0 Å². The van der Waals surface area contributed by atoms with E-state index in [1.165, 1.54) is 0 Å². The summed E-state index contributed by atoms with van der Waals surface area (Å²) in [5, 5.41) is 18.9. The van der Waals surface area contributed by atoms with Gasteiger partial charge in [-0.25, -0.2) is 4.98 Å². The number of nitrogens with zero attached hydrogens (tertiary/aromatic N) is 4. The summed E-state index contributed by atoms with van der Waals surface area (Å²) in [7, 11) is 3.80. The highest BCUT2D eigenvalue weighted by molar-refractivity contribution is 6.31. The molecule has 0 fully saturated rings. The van der Waals surface area contributed by atoms with Crippen LogP contribution in [0.15, 0.2) is 30.6 Å². The van der Waals surface area contributed by atoms with Crippen LogP contribution in [0.4, 0.5) is 0 Å². The SMILES string of the molecule is CC(NCC(C)(O)c1cnn(C)c1)c1nc2ccc(Cl)cc2n1C. The number of fused-ring (bicyclic) bond motifs is 1. The van der Waals surface area contributed by atoms with Crippen molar-refractivity contribution < 1.29 is 5.11 Å². The number of halogens is 1. The smallest absolute Gasteiger partial charge is 0.126 e. The quantitative estimate of drug-likeness (QED) is 0.744. The van der Waals surface area contributed by atoms with Crippen LogP contribution >= 0.6 is 11.6 Å². The molecule has 0 radical (unpaired) electrons. The van der Waals surface area contributed by atoms with E-state index in [2.05, 4.69) is 15.4 Å². The highest BCUT2D eigenvalue weighted by atomic mass is 35.5. The molecule has 0 spiro atoms. The molecule has 0 aliphatic carbocycles. The molecule has 0 bridgehead atoms. The maximum atomic E-state index is 10.7. The molecule has 0 saturated heterocycles. The Kier molecular flexibility index (Phi) is 4.38. The summed E-state index contributed by atoms with van der Waals surface area (Å²) in [4.78, 5) is 4.67. The maximum Gasteiger partial charge on any atom is 0.126 e. The number of hydrogen-bond donors (Lipinski definition) is 2. The fourth-order valence-electron chi connectivity index (χ4n) is 2.81. The molecule has 3 aromatic rings. The molecule has 0 amide bonds. The van der Waals surface area contributed by atoms with Gasteiger partial charge in [0, 0.05) is 37.4 Å². The third kappa shape index (κ3) is 3.17. The molecule has 2 heterocycles. The first-order valence-electron chi connectivity index (χ1n) is 7.85. The van der Waals surface area contributed by atoms with Crippen molar-refractivity contribution in [3.05, 3.63) is 47.0 Å².